The molecular weight excluding hydrogens is 346 g/mol. The average Bonchev–Trinajstić information content (AvgIpc) is 2.95. The first-order chi connectivity index (χ1) is 12.3. The van der Waals surface area contributed by atoms with Gasteiger partial charge in [0.25, 0.3) is 0 Å². The van der Waals surface area contributed by atoms with E-state index in [0.29, 0.717) is 24.1 Å². The van der Waals surface area contributed by atoms with Crippen molar-refractivity contribution in [1.29, 1.82) is 0 Å². The van der Waals surface area contributed by atoms with Gasteiger partial charge in [0, 0.05) is 31.5 Å². The Labute approximate surface area is 150 Å². The van der Waals surface area contributed by atoms with E-state index in [9.17, 15) is 17.6 Å². The number of alkyl halides is 3. The molecule has 0 radical (unpaired) electrons. The topological polar surface area (TPSA) is 28.2 Å². The number of rotatable bonds is 5. The van der Waals surface area contributed by atoms with E-state index in [1.807, 2.05) is 18.3 Å². The number of nitrogens with one attached hydrogen (secondary N) is 1. The fourth-order valence-electron chi connectivity index (χ4n) is 3.64. The van der Waals surface area contributed by atoms with Crippen LogP contribution in [0.4, 0.5) is 17.6 Å². The van der Waals surface area contributed by atoms with Crippen molar-refractivity contribution in [3.8, 4) is 0 Å². The van der Waals surface area contributed by atoms with Gasteiger partial charge in [-0.15, -0.1) is 0 Å². The van der Waals surface area contributed by atoms with Gasteiger partial charge in [0.2, 0.25) is 0 Å². The molecule has 0 bridgehead atoms. The third-order valence-electron chi connectivity index (χ3n) is 4.82. The Bertz CT molecular complexity index is 733. The zero-order chi connectivity index (χ0) is 18.7. The van der Waals surface area contributed by atoms with Crippen LogP contribution in [-0.2, 0) is 12.7 Å². The van der Waals surface area contributed by atoms with Crippen LogP contribution >= 0.6 is 0 Å². The summed E-state index contributed by atoms with van der Waals surface area (Å²) in [6.45, 7) is 1.78. The molecule has 7 heteroatoms. The molecule has 2 atom stereocenters. The van der Waals surface area contributed by atoms with Crippen LogP contribution in [0.3, 0.4) is 0 Å². The van der Waals surface area contributed by atoms with Crippen LogP contribution in [0.25, 0.3) is 0 Å². The molecular formula is C19H21F4N3. The fourth-order valence-corrected chi connectivity index (χ4v) is 3.64. The zero-order valence-corrected chi connectivity index (χ0v) is 14.4. The smallest absolute Gasteiger partial charge is 0.312 e. The third-order valence-corrected chi connectivity index (χ3v) is 4.82. The summed E-state index contributed by atoms with van der Waals surface area (Å²) in [5.74, 6) is -0.551. The first-order valence-electron chi connectivity index (χ1n) is 8.52. The molecule has 0 aliphatic carbocycles. The highest BCUT2D eigenvalue weighted by Crippen LogP contribution is 2.35. The minimum absolute atomic E-state index is 0.195. The molecule has 1 aromatic heterocycles. The summed E-state index contributed by atoms with van der Waals surface area (Å²) in [4.78, 5) is 6.43. The van der Waals surface area contributed by atoms with Crippen LogP contribution in [0.15, 0.2) is 42.7 Å². The van der Waals surface area contributed by atoms with Crippen molar-refractivity contribution in [3.05, 3.63) is 65.2 Å². The van der Waals surface area contributed by atoms with Gasteiger partial charge in [-0.1, -0.05) is 6.07 Å². The van der Waals surface area contributed by atoms with E-state index in [1.54, 1.807) is 6.20 Å². The van der Waals surface area contributed by atoms with Crippen molar-refractivity contribution >= 4 is 0 Å². The molecule has 0 saturated carbocycles. The highest BCUT2D eigenvalue weighted by Gasteiger charge is 2.33. The molecule has 1 N–H and O–H groups in total. The van der Waals surface area contributed by atoms with Gasteiger partial charge in [-0.25, -0.2) is 4.39 Å². The second-order valence-corrected chi connectivity index (χ2v) is 6.74. The number of benzene rings is 1. The Hall–Kier alpha value is -1.99. The standard InChI is InChI=1S/C19H21F4N3/c1-26-6-4-15(18(26)14-3-2-5-24-11-14)12-25-10-13-7-16(19(21,22)23)9-17(20)8-13/h2-3,5,7-9,11,15,18,25H,4,6,10,12H2,1H3/t15-,18-/m0/s1. The second kappa shape index (κ2) is 7.72. The van der Waals surface area contributed by atoms with E-state index in [4.69, 9.17) is 0 Å². The van der Waals surface area contributed by atoms with Gasteiger partial charge in [-0.2, -0.15) is 13.2 Å². The van der Waals surface area contributed by atoms with Gasteiger partial charge >= 0.3 is 6.18 Å². The molecule has 2 heterocycles. The zero-order valence-electron chi connectivity index (χ0n) is 14.4. The number of hydrogen-bond donors (Lipinski definition) is 1. The Morgan fingerprint density at radius 1 is 1.27 bits per heavy atom. The van der Waals surface area contributed by atoms with Gasteiger partial charge in [-0.05, 0) is 61.3 Å². The quantitative estimate of drug-likeness (QED) is 0.809. The van der Waals surface area contributed by atoms with Gasteiger partial charge in [0.1, 0.15) is 5.82 Å². The highest BCUT2D eigenvalue weighted by atomic mass is 19.4. The van der Waals surface area contributed by atoms with Crippen LogP contribution < -0.4 is 5.32 Å². The lowest BCUT2D eigenvalue weighted by Crippen LogP contribution is -2.28. The molecule has 1 saturated heterocycles. The van der Waals surface area contributed by atoms with Crippen molar-refractivity contribution in [2.75, 3.05) is 20.1 Å². The van der Waals surface area contributed by atoms with E-state index < -0.39 is 17.6 Å². The number of nitrogens with zero attached hydrogens (tertiary/aromatic N) is 2. The fraction of sp³-hybridized carbons (Fsp3) is 0.421. The van der Waals surface area contributed by atoms with E-state index >= 15 is 0 Å². The Morgan fingerprint density at radius 3 is 2.77 bits per heavy atom. The molecule has 3 nitrogen and oxygen atoms in total. The molecule has 0 amide bonds. The molecule has 1 aromatic carbocycles. The number of pyridine rings is 1. The maximum atomic E-state index is 13.5. The SMILES string of the molecule is CN1CC[C@@H](CNCc2cc(F)cc(C(F)(F)F)c2)[C@@H]1c1cccnc1. The van der Waals surface area contributed by atoms with Crippen molar-refractivity contribution in [1.82, 2.24) is 15.2 Å². The van der Waals surface area contributed by atoms with Gasteiger partial charge in [0.05, 0.1) is 5.56 Å². The summed E-state index contributed by atoms with van der Waals surface area (Å²) in [6, 6.07) is 6.81. The van der Waals surface area contributed by atoms with Crippen LogP contribution in [0.5, 0.6) is 0 Å². The predicted octanol–water partition coefficient (Wildman–Crippen LogP) is 4.02. The number of likely N-dealkylation sites (tertiary alicyclic amines) is 1. The van der Waals surface area contributed by atoms with E-state index in [0.717, 1.165) is 30.7 Å². The summed E-state index contributed by atoms with van der Waals surface area (Å²) < 4.78 is 51.9. The van der Waals surface area contributed by atoms with Gasteiger partial charge < -0.3 is 5.32 Å². The molecule has 140 valence electrons. The normalized spacial score (nSPS) is 21.3. The van der Waals surface area contributed by atoms with Crippen molar-refractivity contribution in [2.45, 2.75) is 25.2 Å². The van der Waals surface area contributed by atoms with Gasteiger partial charge in [0.15, 0.2) is 0 Å². The minimum atomic E-state index is -4.55. The summed E-state index contributed by atoms with van der Waals surface area (Å²) >= 11 is 0. The van der Waals surface area contributed by atoms with Crippen LogP contribution in [0.2, 0.25) is 0 Å². The lowest BCUT2D eigenvalue weighted by molar-refractivity contribution is -0.137. The minimum Gasteiger partial charge on any atom is -0.312 e. The predicted molar refractivity (Wildman–Crippen MR) is 90.8 cm³/mol. The molecule has 1 aliphatic rings. The summed E-state index contributed by atoms with van der Waals surface area (Å²) in [7, 11) is 2.06. The monoisotopic (exact) mass is 367 g/mol. The Kier molecular flexibility index (Phi) is 5.58. The maximum Gasteiger partial charge on any atom is 0.416 e. The van der Waals surface area contributed by atoms with Crippen LogP contribution in [-0.4, -0.2) is 30.0 Å². The molecule has 0 unspecified atom stereocenters. The first kappa shape index (κ1) is 18.8. The second-order valence-electron chi connectivity index (χ2n) is 6.74. The Balaban J connectivity index is 1.64. The van der Waals surface area contributed by atoms with E-state index in [2.05, 4.69) is 22.2 Å². The molecule has 0 spiro atoms. The van der Waals surface area contributed by atoms with Crippen LogP contribution in [0.1, 0.15) is 29.2 Å². The molecule has 1 fully saturated rings. The lowest BCUT2D eigenvalue weighted by Gasteiger charge is -2.25. The van der Waals surface area contributed by atoms with E-state index in [-0.39, 0.29) is 12.6 Å². The summed E-state index contributed by atoms with van der Waals surface area (Å²) in [6.07, 6.45) is 0.0198. The van der Waals surface area contributed by atoms with Crippen molar-refractivity contribution in [2.24, 2.45) is 5.92 Å². The van der Waals surface area contributed by atoms with Crippen molar-refractivity contribution < 1.29 is 17.6 Å². The highest BCUT2D eigenvalue weighted by molar-refractivity contribution is 5.27. The van der Waals surface area contributed by atoms with Crippen LogP contribution in [0, 0.1) is 11.7 Å². The average molecular weight is 367 g/mol. The third kappa shape index (κ3) is 4.40. The number of halogens is 4. The maximum absolute atomic E-state index is 13.5. The summed E-state index contributed by atoms with van der Waals surface area (Å²) in [5.41, 5.74) is 0.467. The number of hydrogen-bond acceptors (Lipinski definition) is 3. The van der Waals surface area contributed by atoms with E-state index in [1.165, 1.54) is 0 Å². The first-order valence-corrected chi connectivity index (χ1v) is 8.52. The molecule has 2 aromatic rings. The lowest BCUT2D eigenvalue weighted by atomic mass is 9.94. The molecule has 1 aliphatic heterocycles. The number of aromatic nitrogens is 1. The largest absolute Gasteiger partial charge is 0.416 e. The molecule has 3 rings (SSSR count). The van der Waals surface area contributed by atoms with Crippen molar-refractivity contribution in [3.63, 3.8) is 0 Å². The summed E-state index contributed by atoms with van der Waals surface area (Å²) in [5, 5.41) is 3.19. The Morgan fingerprint density at radius 2 is 2.08 bits per heavy atom. The molecule has 26 heavy (non-hydrogen) atoms. The van der Waals surface area contributed by atoms with Gasteiger partial charge in [-0.3, -0.25) is 9.88 Å².